The topological polar surface area (TPSA) is 12.0 Å². The predicted octanol–water partition coefficient (Wildman–Crippen LogP) is 3.62. The minimum atomic E-state index is -0.534. The summed E-state index contributed by atoms with van der Waals surface area (Å²) >= 11 is 1.66. The van der Waals surface area contributed by atoms with E-state index in [2.05, 4.69) is 23.0 Å². The first kappa shape index (κ1) is 12.2. The second-order valence-corrected chi connectivity index (χ2v) is 4.70. The molecule has 2 aromatic rings. The Morgan fingerprint density at radius 3 is 2.35 bits per heavy atom. The second kappa shape index (κ2) is 5.38. The molecule has 0 aliphatic rings. The van der Waals surface area contributed by atoms with Gasteiger partial charge in [-0.2, -0.15) is 11.3 Å². The van der Waals surface area contributed by atoms with Crippen LogP contribution in [0.3, 0.4) is 0 Å². The fourth-order valence-electron chi connectivity index (χ4n) is 1.62. The van der Waals surface area contributed by atoms with Crippen LogP contribution in [-0.4, -0.2) is 0 Å². The minimum absolute atomic E-state index is 0.462. The molecule has 1 aromatic carbocycles. The molecular weight excluding hydrogens is 240 g/mol. The van der Waals surface area contributed by atoms with Crippen molar-refractivity contribution in [1.29, 1.82) is 0 Å². The molecule has 0 atom stereocenters. The van der Waals surface area contributed by atoms with Gasteiger partial charge in [-0.1, -0.05) is 0 Å². The molecule has 0 bridgehead atoms. The molecular formula is C13H13F2NS. The van der Waals surface area contributed by atoms with Gasteiger partial charge in [0.05, 0.1) is 0 Å². The van der Waals surface area contributed by atoms with Crippen molar-refractivity contribution in [2.45, 2.75) is 20.0 Å². The number of halogens is 2. The van der Waals surface area contributed by atoms with Gasteiger partial charge in [0.1, 0.15) is 11.6 Å². The zero-order valence-electron chi connectivity index (χ0n) is 9.47. The highest BCUT2D eigenvalue weighted by Crippen LogP contribution is 2.13. The maximum atomic E-state index is 12.9. The van der Waals surface area contributed by atoms with Crippen LogP contribution in [0, 0.1) is 18.6 Å². The number of aryl methyl sites for hydroxylation is 1. The SMILES string of the molecule is Cc1cscc1CNCc1cc(F)cc(F)c1. The molecule has 0 saturated carbocycles. The van der Waals surface area contributed by atoms with Gasteiger partial charge in [-0.25, -0.2) is 8.78 Å². The first-order valence-corrected chi connectivity index (χ1v) is 6.27. The summed E-state index contributed by atoms with van der Waals surface area (Å²) in [6.07, 6.45) is 0. The summed E-state index contributed by atoms with van der Waals surface area (Å²) in [5, 5.41) is 7.33. The van der Waals surface area contributed by atoms with Crippen molar-refractivity contribution in [2.24, 2.45) is 0 Å². The van der Waals surface area contributed by atoms with E-state index in [1.807, 2.05) is 0 Å². The van der Waals surface area contributed by atoms with E-state index in [1.54, 1.807) is 11.3 Å². The molecule has 4 heteroatoms. The van der Waals surface area contributed by atoms with E-state index in [9.17, 15) is 8.78 Å². The Bertz CT molecular complexity index is 488. The fraction of sp³-hybridized carbons (Fsp3) is 0.231. The Labute approximate surface area is 103 Å². The van der Waals surface area contributed by atoms with Crippen molar-refractivity contribution in [3.05, 3.63) is 57.3 Å². The Kier molecular flexibility index (Phi) is 3.86. The Morgan fingerprint density at radius 2 is 1.76 bits per heavy atom. The number of hydrogen-bond acceptors (Lipinski definition) is 2. The smallest absolute Gasteiger partial charge is 0.126 e. The molecule has 0 saturated heterocycles. The molecule has 2 rings (SSSR count). The summed E-state index contributed by atoms with van der Waals surface area (Å²) in [4.78, 5) is 0. The van der Waals surface area contributed by atoms with Crippen LogP contribution in [0.2, 0.25) is 0 Å². The first-order chi connectivity index (χ1) is 8.15. The number of thiophene rings is 1. The summed E-state index contributed by atoms with van der Waals surface area (Å²) in [5.74, 6) is -1.07. The summed E-state index contributed by atoms with van der Waals surface area (Å²) in [6.45, 7) is 3.23. The van der Waals surface area contributed by atoms with E-state index >= 15 is 0 Å². The lowest BCUT2D eigenvalue weighted by Crippen LogP contribution is -2.13. The van der Waals surface area contributed by atoms with Crippen LogP contribution in [0.4, 0.5) is 8.78 Å². The van der Waals surface area contributed by atoms with E-state index in [0.717, 1.165) is 6.07 Å². The number of hydrogen-bond donors (Lipinski definition) is 1. The van der Waals surface area contributed by atoms with Crippen LogP contribution >= 0.6 is 11.3 Å². The Balaban J connectivity index is 1.92. The third kappa shape index (κ3) is 3.35. The monoisotopic (exact) mass is 253 g/mol. The van der Waals surface area contributed by atoms with Gasteiger partial charge in [0.2, 0.25) is 0 Å². The lowest BCUT2D eigenvalue weighted by molar-refractivity contribution is 0.575. The van der Waals surface area contributed by atoms with Gasteiger partial charge in [-0.15, -0.1) is 0 Å². The van der Waals surface area contributed by atoms with Crippen molar-refractivity contribution >= 4 is 11.3 Å². The fourth-order valence-corrected chi connectivity index (χ4v) is 2.48. The quantitative estimate of drug-likeness (QED) is 0.877. The molecule has 0 amide bonds. The van der Waals surface area contributed by atoms with E-state index in [-0.39, 0.29) is 0 Å². The number of nitrogens with one attached hydrogen (secondary N) is 1. The second-order valence-electron chi connectivity index (χ2n) is 3.96. The highest BCUT2D eigenvalue weighted by molar-refractivity contribution is 7.08. The van der Waals surface area contributed by atoms with Gasteiger partial charge in [-0.05, 0) is 46.5 Å². The summed E-state index contributed by atoms with van der Waals surface area (Å²) < 4.78 is 25.9. The lowest BCUT2D eigenvalue weighted by atomic mass is 10.2. The molecule has 90 valence electrons. The molecule has 0 aliphatic heterocycles. The van der Waals surface area contributed by atoms with Crippen LogP contribution < -0.4 is 5.32 Å². The molecule has 0 unspecified atom stereocenters. The zero-order chi connectivity index (χ0) is 12.3. The molecule has 0 spiro atoms. The molecule has 0 radical (unpaired) electrons. The van der Waals surface area contributed by atoms with Crippen LogP contribution in [-0.2, 0) is 13.1 Å². The Morgan fingerprint density at radius 1 is 1.06 bits per heavy atom. The van der Waals surface area contributed by atoms with Crippen LogP contribution in [0.15, 0.2) is 29.0 Å². The largest absolute Gasteiger partial charge is 0.309 e. The van der Waals surface area contributed by atoms with Gasteiger partial charge in [-0.3, -0.25) is 0 Å². The highest BCUT2D eigenvalue weighted by atomic mass is 32.1. The average Bonchev–Trinajstić information content (AvgIpc) is 2.63. The molecule has 1 heterocycles. The van der Waals surface area contributed by atoms with Crippen molar-refractivity contribution in [3.63, 3.8) is 0 Å². The maximum absolute atomic E-state index is 12.9. The van der Waals surface area contributed by atoms with Crippen molar-refractivity contribution < 1.29 is 8.78 Å². The van der Waals surface area contributed by atoms with Gasteiger partial charge >= 0.3 is 0 Å². The van der Waals surface area contributed by atoms with Crippen LogP contribution in [0.1, 0.15) is 16.7 Å². The minimum Gasteiger partial charge on any atom is -0.309 e. The molecule has 1 aromatic heterocycles. The molecule has 0 fully saturated rings. The maximum Gasteiger partial charge on any atom is 0.126 e. The van der Waals surface area contributed by atoms with Gasteiger partial charge in [0.15, 0.2) is 0 Å². The van der Waals surface area contributed by atoms with E-state index in [4.69, 9.17) is 0 Å². The molecule has 0 aliphatic carbocycles. The predicted molar refractivity (Wildman–Crippen MR) is 66.0 cm³/mol. The molecule has 1 N–H and O–H groups in total. The third-order valence-electron chi connectivity index (χ3n) is 2.53. The van der Waals surface area contributed by atoms with Crippen molar-refractivity contribution in [3.8, 4) is 0 Å². The molecule has 1 nitrogen and oxygen atoms in total. The summed E-state index contributed by atoms with van der Waals surface area (Å²) in [5.41, 5.74) is 3.09. The van der Waals surface area contributed by atoms with E-state index < -0.39 is 11.6 Å². The Hall–Kier alpha value is -1.26. The molecule has 17 heavy (non-hydrogen) atoms. The van der Waals surface area contributed by atoms with Crippen molar-refractivity contribution in [1.82, 2.24) is 5.32 Å². The number of rotatable bonds is 4. The first-order valence-electron chi connectivity index (χ1n) is 5.32. The van der Waals surface area contributed by atoms with Gasteiger partial charge in [0.25, 0.3) is 0 Å². The van der Waals surface area contributed by atoms with Gasteiger partial charge in [0, 0.05) is 19.2 Å². The van der Waals surface area contributed by atoms with E-state index in [0.29, 0.717) is 18.7 Å². The summed E-state index contributed by atoms with van der Waals surface area (Å²) in [7, 11) is 0. The average molecular weight is 253 g/mol. The van der Waals surface area contributed by atoms with E-state index in [1.165, 1.54) is 23.3 Å². The highest BCUT2D eigenvalue weighted by Gasteiger charge is 2.02. The normalized spacial score (nSPS) is 10.8. The third-order valence-corrected chi connectivity index (χ3v) is 3.44. The number of benzene rings is 1. The standard InChI is InChI=1S/C13H13F2NS/c1-9-7-17-8-11(9)6-16-5-10-2-12(14)4-13(15)3-10/h2-4,7-8,16H,5-6H2,1H3. The van der Waals surface area contributed by atoms with Gasteiger partial charge < -0.3 is 5.32 Å². The van der Waals surface area contributed by atoms with Crippen molar-refractivity contribution in [2.75, 3.05) is 0 Å². The zero-order valence-corrected chi connectivity index (χ0v) is 10.3. The lowest BCUT2D eigenvalue weighted by Gasteiger charge is -2.05. The van der Waals surface area contributed by atoms with Crippen LogP contribution in [0.5, 0.6) is 0 Å². The van der Waals surface area contributed by atoms with Crippen LogP contribution in [0.25, 0.3) is 0 Å². The summed E-state index contributed by atoms with van der Waals surface area (Å²) in [6, 6.07) is 3.57.